The van der Waals surface area contributed by atoms with Crippen molar-refractivity contribution in [2.45, 2.75) is 32.0 Å². The largest absolute Gasteiger partial charge is 0.479 e. The first kappa shape index (κ1) is 24.6. The van der Waals surface area contributed by atoms with E-state index in [0.717, 1.165) is 11.1 Å². The van der Waals surface area contributed by atoms with Crippen molar-refractivity contribution in [3.8, 4) is 11.5 Å². The van der Waals surface area contributed by atoms with Crippen molar-refractivity contribution >= 4 is 28.7 Å². The molecule has 0 saturated carbocycles. The van der Waals surface area contributed by atoms with Crippen LogP contribution in [-0.2, 0) is 11.2 Å². The van der Waals surface area contributed by atoms with Gasteiger partial charge in [0.15, 0.2) is 17.3 Å². The van der Waals surface area contributed by atoms with E-state index in [-0.39, 0.29) is 0 Å². The maximum absolute atomic E-state index is 11.5. The topological polar surface area (TPSA) is 93.8 Å². The van der Waals surface area contributed by atoms with Crippen molar-refractivity contribution in [1.82, 2.24) is 10.3 Å². The number of halogens is 1. The lowest BCUT2D eigenvalue weighted by Crippen LogP contribution is -2.38. The second kappa shape index (κ2) is 10.8. The number of ether oxygens (including phenoxy) is 2. The molecule has 1 heterocycles. The maximum atomic E-state index is 11.5. The van der Waals surface area contributed by atoms with Crippen LogP contribution in [0.3, 0.4) is 0 Å². The summed E-state index contributed by atoms with van der Waals surface area (Å²) in [6.45, 7) is 4.11. The summed E-state index contributed by atoms with van der Waals surface area (Å²) in [7, 11) is 0. The molecule has 4 rings (SSSR count). The Morgan fingerprint density at radius 2 is 1.80 bits per heavy atom. The van der Waals surface area contributed by atoms with Gasteiger partial charge in [0.05, 0.1) is 0 Å². The summed E-state index contributed by atoms with van der Waals surface area (Å²) in [6, 6.07) is 22.1. The van der Waals surface area contributed by atoms with Crippen LogP contribution >= 0.6 is 11.6 Å². The average Bonchev–Trinajstić information content (AvgIpc) is 3.27. The molecule has 4 aromatic rings. The van der Waals surface area contributed by atoms with Gasteiger partial charge in [0, 0.05) is 11.6 Å². The number of carboxylic acid groups (broad SMARTS) is 1. The normalized spacial score (nSPS) is 12.4. The molecular weight excluding hydrogens is 468 g/mol. The van der Waals surface area contributed by atoms with Crippen molar-refractivity contribution in [3.05, 3.63) is 89.3 Å². The van der Waals surface area contributed by atoms with Crippen molar-refractivity contribution < 1.29 is 23.8 Å². The summed E-state index contributed by atoms with van der Waals surface area (Å²) < 4.78 is 17.9. The van der Waals surface area contributed by atoms with E-state index in [0.29, 0.717) is 47.5 Å². The van der Waals surface area contributed by atoms with Gasteiger partial charge in [0.1, 0.15) is 17.0 Å². The first-order valence-electron chi connectivity index (χ1n) is 11.3. The lowest BCUT2D eigenvalue weighted by atomic mass is 10.1. The summed E-state index contributed by atoms with van der Waals surface area (Å²) in [6.07, 6.45) is 0.161. The number of para-hydroxylation sites is 3. The number of hydrogen-bond acceptors (Lipinski definition) is 6. The van der Waals surface area contributed by atoms with Gasteiger partial charge in [0.25, 0.3) is 0 Å². The summed E-state index contributed by atoms with van der Waals surface area (Å²) in [4.78, 5) is 16.1. The van der Waals surface area contributed by atoms with Crippen LogP contribution in [0.2, 0.25) is 5.02 Å². The molecule has 0 aliphatic rings. The third-order valence-electron chi connectivity index (χ3n) is 5.43. The molecule has 0 aliphatic carbocycles. The molecular formula is C27H27ClN2O5. The third-order valence-corrected chi connectivity index (χ3v) is 5.68. The highest BCUT2D eigenvalue weighted by Gasteiger charge is 2.30. The summed E-state index contributed by atoms with van der Waals surface area (Å²) >= 11 is 6.01. The van der Waals surface area contributed by atoms with Crippen molar-refractivity contribution in [1.29, 1.82) is 0 Å². The molecule has 0 amide bonds. The fourth-order valence-electron chi connectivity index (χ4n) is 3.47. The molecule has 0 bridgehead atoms. The predicted molar refractivity (Wildman–Crippen MR) is 134 cm³/mol. The number of nitrogens with one attached hydrogen (secondary N) is 1. The third kappa shape index (κ3) is 6.32. The van der Waals surface area contributed by atoms with Gasteiger partial charge in [-0.3, -0.25) is 0 Å². The van der Waals surface area contributed by atoms with Crippen LogP contribution in [-0.4, -0.2) is 34.8 Å². The summed E-state index contributed by atoms with van der Waals surface area (Å²) in [5.41, 5.74) is 1.04. The molecule has 8 heteroatoms. The Morgan fingerprint density at radius 1 is 1.09 bits per heavy atom. The van der Waals surface area contributed by atoms with Crippen LogP contribution in [0.15, 0.2) is 77.2 Å². The minimum absolute atomic E-state index is 0.444. The molecule has 0 aliphatic heterocycles. The second-order valence-electron chi connectivity index (χ2n) is 8.56. The smallest absolute Gasteiger partial charge is 0.347 e. The molecule has 1 aromatic heterocycles. The van der Waals surface area contributed by atoms with Crippen molar-refractivity contribution in [2.24, 2.45) is 0 Å². The SMILES string of the molecule is CC(C)(Oc1ccccc1CCNCC(Oc1ccc(Cl)cc1)c1nc2ccccc2o1)C(=O)O. The van der Waals surface area contributed by atoms with E-state index >= 15 is 0 Å². The molecule has 0 saturated heterocycles. The molecule has 182 valence electrons. The van der Waals surface area contributed by atoms with Gasteiger partial charge in [-0.05, 0) is 74.8 Å². The Hall–Kier alpha value is -3.55. The van der Waals surface area contributed by atoms with Crippen molar-refractivity contribution in [3.63, 3.8) is 0 Å². The Labute approximate surface area is 208 Å². The van der Waals surface area contributed by atoms with Crippen LogP contribution in [0.5, 0.6) is 11.5 Å². The Morgan fingerprint density at radius 3 is 2.54 bits per heavy atom. The molecule has 0 spiro atoms. The minimum Gasteiger partial charge on any atom is -0.479 e. The van der Waals surface area contributed by atoms with Crippen LogP contribution in [0.1, 0.15) is 31.4 Å². The molecule has 3 aromatic carbocycles. The van der Waals surface area contributed by atoms with Gasteiger partial charge < -0.3 is 24.3 Å². The van der Waals surface area contributed by atoms with Crippen LogP contribution in [0, 0.1) is 0 Å². The quantitative estimate of drug-likeness (QED) is 0.259. The summed E-state index contributed by atoms with van der Waals surface area (Å²) in [5.74, 6) is 0.652. The number of oxazole rings is 1. The van der Waals surface area contributed by atoms with Gasteiger partial charge in [-0.15, -0.1) is 0 Å². The fourth-order valence-corrected chi connectivity index (χ4v) is 3.60. The van der Waals surface area contributed by atoms with Gasteiger partial charge >= 0.3 is 5.97 Å². The van der Waals surface area contributed by atoms with E-state index in [9.17, 15) is 9.90 Å². The minimum atomic E-state index is -1.33. The number of carbonyl (C=O) groups is 1. The lowest BCUT2D eigenvalue weighted by molar-refractivity contribution is -0.152. The zero-order valence-electron chi connectivity index (χ0n) is 19.5. The van der Waals surface area contributed by atoms with Crippen LogP contribution < -0.4 is 14.8 Å². The Balaban J connectivity index is 1.44. The van der Waals surface area contributed by atoms with E-state index in [2.05, 4.69) is 10.3 Å². The highest BCUT2D eigenvalue weighted by atomic mass is 35.5. The maximum Gasteiger partial charge on any atom is 0.347 e. The highest BCUT2D eigenvalue weighted by Crippen LogP contribution is 2.26. The molecule has 1 atom stereocenters. The van der Waals surface area contributed by atoms with Crippen LogP contribution in [0.25, 0.3) is 11.1 Å². The van der Waals surface area contributed by atoms with E-state index in [1.165, 1.54) is 13.8 Å². The highest BCUT2D eigenvalue weighted by molar-refractivity contribution is 6.30. The fraction of sp³-hybridized carbons (Fsp3) is 0.259. The zero-order chi connectivity index (χ0) is 24.8. The van der Waals surface area contributed by atoms with Crippen LogP contribution in [0.4, 0.5) is 0 Å². The van der Waals surface area contributed by atoms with Gasteiger partial charge in [0.2, 0.25) is 5.89 Å². The Kier molecular flexibility index (Phi) is 7.58. The van der Waals surface area contributed by atoms with Crippen molar-refractivity contribution in [2.75, 3.05) is 13.1 Å². The van der Waals surface area contributed by atoms with E-state index in [1.807, 2.05) is 42.5 Å². The molecule has 35 heavy (non-hydrogen) atoms. The van der Waals surface area contributed by atoms with E-state index in [1.54, 1.807) is 30.3 Å². The first-order chi connectivity index (χ1) is 16.8. The second-order valence-corrected chi connectivity index (χ2v) is 9.00. The number of fused-ring (bicyclic) bond motifs is 1. The van der Waals surface area contributed by atoms with E-state index < -0.39 is 17.7 Å². The molecule has 0 fully saturated rings. The lowest BCUT2D eigenvalue weighted by Gasteiger charge is -2.23. The number of aliphatic carboxylic acids is 1. The average molecular weight is 495 g/mol. The van der Waals surface area contributed by atoms with Gasteiger partial charge in [-0.25, -0.2) is 9.78 Å². The monoisotopic (exact) mass is 494 g/mol. The predicted octanol–water partition coefficient (Wildman–Crippen LogP) is 5.68. The van der Waals surface area contributed by atoms with E-state index in [4.69, 9.17) is 25.5 Å². The Bertz CT molecular complexity index is 1250. The number of nitrogens with zero attached hydrogens (tertiary/aromatic N) is 1. The molecule has 7 nitrogen and oxygen atoms in total. The zero-order valence-corrected chi connectivity index (χ0v) is 20.3. The number of rotatable bonds is 11. The molecule has 1 unspecified atom stereocenters. The van der Waals surface area contributed by atoms with Gasteiger partial charge in [-0.2, -0.15) is 0 Å². The molecule has 0 radical (unpaired) electrons. The first-order valence-corrected chi connectivity index (χ1v) is 11.7. The molecule has 2 N–H and O–H groups in total. The number of carboxylic acids is 1. The number of aromatic nitrogens is 1. The number of hydrogen-bond donors (Lipinski definition) is 2. The van der Waals surface area contributed by atoms with Gasteiger partial charge in [-0.1, -0.05) is 41.9 Å². The summed E-state index contributed by atoms with van der Waals surface area (Å²) in [5, 5.41) is 13.4. The number of benzene rings is 3. The standard InChI is InChI=1S/C27H27ClN2O5/c1-27(2,26(31)32)35-22-9-5-3-7-18(22)15-16-29-17-24(33-20-13-11-19(28)12-14-20)25-30-21-8-4-6-10-23(21)34-25/h3-14,24,29H,15-17H2,1-2H3,(H,31,32).